The van der Waals surface area contributed by atoms with Gasteiger partial charge >= 0.3 is 0 Å². The summed E-state index contributed by atoms with van der Waals surface area (Å²) in [5.74, 6) is 2.14. The fourth-order valence-electron chi connectivity index (χ4n) is 2.70. The topological polar surface area (TPSA) is 32.3 Å². The average Bonchev–Trinajstić information content (AvgIpc) is 2.16. The second-order valence-electron chi connectivity index (χ2n) is 5.57. The highest BCUT2D eigenvalue weighted by atomic mass is 16.3. The minimum absolute atomic E-state index is 0.311. The van der Waals surface area contributed by atoms with Crippen molar-refractivity contribution in [2.45, 2.75) is 40.0 Å². The lowest BCUT2D eigenvalue weighted by Crippen LogP contribution is -2.29. The van der Waals surface area contributed by atoms with Crippen molar-refractivity contribution in [3.05, 3.63) is 11.6 Å². The van der Waals surface area contributed by atoms with Gasteiger partial charge < -0.3 is 10.4 Å². The van der Waals surface area contributed by atoms with Crippen LogP contribution >= 0.6 is 0 Å². The van der Waals surface area contributed by atoms with Crippen molar-refractivity contribution in [1.29, 1.82) is 0 Å². The molecule has 0 spiro atoms. The molecule has 0 bridgehead atoms. The summed E-state index contributed by atoms with van der Waals surface area (Å²) in [5.41, 5.74) is 1.55. The molecular weight excluding hydrogens is 198 g/mol. The predicted octanol–water partition coefficient (Wildman–Crippen LogP) is 2.59. The fraction of sp³-hybridized carbons (Fsp3) is 0.857. The van der Waals surface area contributed by atoms with Gasteiger partial charge in [-0.3, -0.25) is 0 Å². The summed E-state index contributed by atoms with van der Waals surface area (Å²) in [6, 6.07) is 0. The maximum absolute atomic E-state index is 8.82. The normalized spacial score (nSPS) is 27.6. The second-order valence-corrected chi connectivity index (χ2v) is 5.57. The first-order valence-corrected chi connectivity index (χ1v) is 6.60. The zero-order valence-corrected chi connectivity index (χ0v) is 11.0. The number of aliphatic hydroxyl groups excluding tert-OH is 1. The molecule has 0 amide bonds. The van der Waals surface area contributed by atoms with Gasteiger partial charge in [-0.15, -0.1) is 0 Å². The zero-order valence-electron chi connectivity index (χ0n) is 11.0. The number of hydrogen-bond donors (Lipinski definition) is 2. The van der Waals surface area contributed by atoms with Crippen LogP contribution in [0, 0.1) is 17.8 Å². The van der Waals surface area contributed by atoms with Crippen molar-refractivity contribution in [3.63, 3.8) is 0 Å². The molecule has 0 saturated heterocycles. The van der Waals surface area contributed by atoms with Gasteiger partial charge in [-0.05, 0) is 57.0 Å². The maximum atomic E-state index is 8.82. The van der Waals surface area contributed by atoms with Gasteiger partial charge in [0.1, 0.15) is 0 Å². The van der Waals surface area contributed by atoms with Crippen molar-refractivity contribution < 1.29 is 5.11 Å². The summed E-state index contributed by atoms with van der Waals surface area (Å²) < 4.78 is 0. The van der Waals surface area contributed by atoms with Crippen LogP contribution in [0.4, 0.5) is 0 Å². The van der Waals surface area contributed by atoms with E-state index in [1.807, 2.05) is 0 Å². The molecule has 1 aliphatic carbocycles. The SMILES string of the molecule is CC1=CC(C)CC(CNCC(C)CCO)C1. The molecule has 1 aliphatic rings. The summed E-state index contributed by atoms with van der Waals surface area (Å²) in [5, 5.41) is 12.4. The third-order valence-electron chi connectivity index (χ3n) is 3.43. The van der Waals surface area contributed by atoms with Crippen LogP contribution in [-0.4, -0.2) is 24.8 Å². The molecule has 3 atom stereocenters. The summed E-state index contributed by atoms with van der Waals surface area (Å²) in [6.07, 6.45) is 5.89. The standard InChI is InChI=1S/C14H27NO/c1-11(4-5-16)9-15-10-14-7-12(2)6-13(3)8-14/h6,11-12,14-16H,4-5,7-10H2,1-3H3. The lowest BCUT2D eigenvalue weighted by atomic mass is 9.83. The molecule has 0 heterocycles. The van der Waals surface area contributed by atoms with E-state index in [4.69, 9.17) is 5.11 Å². The van der Waals surface area contributed by atoms with E-state index in [1.165, 1.54) is 12.8 Å². The largest absolute Gasteiger partial charge is 0.396 e. The van der Waals surface area contributed by atoms with Crippen LogP contribution in [0.25, 0.3) is 0 Å². The fourth-order valence-corrected chi connectivity index (χ4v) is 2.70. The first-order valence-electron chi connectivity index (χ1n) is 6.60. The Balaban J connectivity index is 2.16. The van der Waals surface area contributed by atoms with Gasteiger partial charge in [0.2, 0.25) is 0 Å². The minimum atomic E-state index is 0.311. The highest BCUT2D eigenvalue weighted by Crippen LogP contribution is 2.27. The number of aliphatic hydroxyl groups is 1. The highest BCUT2D eigenvalue weighted by Gasteiger charge is 2.17. The Kier molecular flexibility index (Phi) is 6.07. The summed E-state index contributed by atoms with van der Waals surface area (Å²) in [6.45, 7) is 9.23. The number of nitrogens with one attached hydrogen (secondary N) is 1. The Morgan fingerprint density at radius 1 is 1.56 bits per heavy atom. The van der Waals surface area contributed by atoms with Crippen LogP contribution in [-0.2, 0) is 0 Å². The van der Waals surface area contributed by atoms with Gasteiger partial charge in [0.25, 0.3) is 0 Å². The van der Waals surface area contributed by atoms with Crippen molar-refractivity contribution in [2.75, 3.05) is 19.7 Å². The van der Waals surface area contributed by atoms with Crippen molar-refractivity contribution >= 4 is 0 Å². The van der Waals surface area contributed by atoms with Crippen LogP contribution in [0.2, 0.25) is 0 Å². The molecule has 0 aromatic rings. The first kappa shape index (κ1) is 13.7. The Morgan fingerprint density at radius 2 is 2.31 bits per heavy atom. The Labute approximate surface area is 100 Å². The van der Waals surface area contributed by atoms with E-state index in [9.17, 15) is 0 Å². The molecule has 1 rings (SSSR count). The van der Waals surface area contributed by atoms with E-state index in [0.29, 0.717) is 12.5 Å². The molecule has 0 saturated carbocycles. The average molecular weight is 225 g/mol. The molecule has 0 aromatic heterocycles. The van der Waals surface area contributed by atoms with E-state index < -0.39 is 0 Å². The number of hydrogen-bond acceptors (Lipinski definition) is 2. The van der Waals surface area contributed by atoms with Crippen LogP contribution < -0.4 is 5.32 Å². The molecule has 0 aromatic carbocycles. The third-order valence-corrected chi connectivity index (χ3v) is 3.43. The molecule has 0 radical (unpaired) electrons. The van der Waals surface area contributed by atoms with Gasteiger partial charge in [-0.25, -0.2) is 0 Å². The van der Waals surface area contributed by atoms with Gasteiger partial charge in [0.15, 0.2) is 0 Å². The maximum Gasteiger partial charge on any atom is 0.0434 e. The van der Waals surface area contributed by atoms with Crippen molar-refractivity contribution in [1.82, 2.24) is 5.32 Å². The summed E-state index contributed by atoms with van der Waals surface area (Å²) in [7, 11) is 0. The Morgan fingerprint density at radius 3 is 2.94 bits per heavy atom. The molecule has 0 fully saturated rings. The number of rotatable bonds is 6. The number of allylic oxidation sites excluding steroid dienone is 2. The second kappa shape index (κ2) is 7.08. The highest BCUT2D eigenvalue weighted by molar-refractivity contribution is 5.06. The minimum Gasteiger partial charge on any atom is -0.396 e. The quantitative estimate of drug-likeness (QED) is 0.681. The van der Waals surface area contributed by atoms with Crippen molar-refractivity contribution in [2.24, 2.45) is 17.8 Å². The van der Waals surface area contributed by atoms with E-state index in [0.717, 1.165) is 31.3 Å². The van der Waals surface area contributed by atoms with Gasteiger partial charge in [0, 0.05) is 6.61 Å². The molecule has 94 valence electrons. The molecule has 3 unspecified atom stereocenters. The van der Waals surface area contributed by atoms with Crippen LogP contribution in [0.5, 0.6) is 0 Å². The van der Waals surface area contributed by atoms with Gasteiger partial charge in [-0.2, -0.15) is 0 Å². The smallest absolute Gasteiger partial charge is 0.0434 e. The first-order chi connectivity index (χ1) is 7.61. The van der Waals surface area contributed by atoms with Crippen LogP contribution in [0.1, 0.15) is 40.0 Å². The van der Waals surface area contributed by atoms with Gasteiger partial charge in [-0.1, -0.05) is 25.5 Å². The third kappa shape index (κ3) is 5.13. The molecule has 0 aliphatic heterocycles. The molecule has 2 N–H and O–H groups in total. The Bertz CT molecular complexity index is 225. The van der Waals surface area contributed by atoms with Crippen LogP contribution in [0.15, 0.2) is 11.6 Å². The van der Waals surface area contributed by atoms with E-state index >= 15 is 0 Å². The molecule has 2 heteroatoms. The van der Waals surface area contributed by atoms with E-state index in [1.54, 1.807) is 5.57 Å². The van der Waals surface area contributed by atoms with Crippen LogP contribution in [0.3, 0.4) is 0 Å². The lowest BCUT2D eigenvalue weighted by Gasteiger charge is -2.26. The Hall–Kier alpha value is -0.340. The summed E-state index contributed by atoms with van der Waals surface area (Å²) in [4.78, 5) is 0. The van der Waals surface area contributed by atoms with Gasteiger partial charge in [0.05, 0.1) is 0 Å². The summed E-state index contributed by atoms with van der Waals surface area (Å²) >= 11 is 0. The monoisotopic (exact) mass is 225 g/mol. The van der Waals surface area contributed by atoms with E-state index in [-0.39, 0.29) is 0 Å². The van der Waals surface area contributed by atoms with E-state index in [2.05, 4.69) is 32.2 Å². The molecule has 2 nitrogen and oxygen atoms in total. The lowest BCUT2D eigenvalue weighted by molar-refractivity contribution is 0.258. The predicted molar refractivity (Wildman–Crippen MR) is 69.4 cm³/mol. The molecule has 16 heavy (non-hydrogen) atoms. The van der Waals surface area contributed by atoms with Crippen molar-refractivity contribution in [3.8, 4) is 0 Å². The zero-order chi connectivity index (χ0) is 12.0. The molecular formula is C14H27NO.